The van der Waals surface area contributed by atoms with Crippen molar-refractivity contribution in [3.05, 3.63) is 12.8 Å². The molecule has 1 heterocycles. The van der Waals surface area contributed by atoms with Gasteiger partial charge in [-0.25, -0.2) is 0 Å². The van der Waals surface area contributed by atoms with Gasteiger partial charge in [-0.15, -0.1) is 0 Å². The van der Waals surface area contributed by atoms with Gasteiger partial charge in [-0.2, -0.15) is 0 Å². The Kier molecular flexibility index (Phi) is 3.62. The highest BCUT2D eigenvalue weighted by molar-refractivity contribution is 5.74. The van der Waals surface area contributed by atoms with Gasteiger partial charge in [0.25, 0.3) is 0 Å². The molecule has 0 spiro atoms. The topological polar surface area (TPSA) is 70.0 Å². The first-order chi connectivity index (χ1) is 6.60. The fourth-order valence-electron chi connectivity index (χ4n) is 1.50. The van der Waals surface area contributed by atoms with Gasteiger partial charge in [-0.3, -0.25) is 9.69 Å². The molecule has 0 aromatic rings. The smallest absolute Gasteiger partial charge is 0.225 e. The van der Waals surface area contributed by atoms with Gasteiger partial charge in [0.15, 0.2) is 0 Å². The van der Waals surface area contributed by atoms with E-state index in [4.69, 9.17) is 9.84 Å². The molecule has 2 N–H and O–H groups in total. The Morgan fingerprint density at radius 2 is 2.43 bits per heavy atom. The molecule has 1 rings (SSSR count). The number of ether oxygens (including phenoxy) is 1. The average molecular weight is 201 g/mol. The van der Waals surface area contributed by atoms with Crippen LogP contribution in [0.2, 0.25) is 0 Å². The summed E-state index contributed by atoms with van der Waals surface area (Å²) in [5, 5.41) is 18.3. The SMILES string of the molecule is C=CN(C(C)=O)C1C[C@@H](O)C(CO)O1. The molecule has 0 saturated carbocycles. The Hall–Kier alpha value is -0.910. The van der Waals surface area contributed by atoms with Crippen LogP contribution in [0.3, 0.4) is 0 Å². The highest BCUT2D eigenvalue weighted by Crippen LogP contribution is 2.23. The molecule has 0 aromatic heterocycles. The molecule has 1 amide bonds. The molecule has 1 aliphatic heterocycles. The van der Waals surface area contributed by atoms with E-state index in [-0.39, 0.29) is 12.5 Å². The zero-order chi connectivity index (χ0) is 10.7. The molecule has 0 aliphatic carbocycles. The van der Waals surface area contributed by atoms with E-state index < -0.39 is 18.4 Å². The molecule has 5 nitrogen and oxygen atoms in total. The Morgan fingerprint density at radius 1 is 1.79 bits per heavy atom. The molecular weight excluding hydrogens is 186 g/mol. The maximum Gasteiger partial charge on any atom is 0.225 e. The van der Waals surface area contributed by atoms with Crippen molar-refractivity contribution >= 4 is 5.91 Å². The molecule has 80 valence electrons. The average Bonchev–Trinajstić information content (AvgIpc) is 2.47. The molecule has 0 aromatic carbocycles. The van der Waals surface area contributed by atoms with Crippen molar-refractivity contribution < 1.29 is 19.7 Å². The summed E-state index contributed by atoms with van der Waals surface area (Å²) < 4.78 is 5.27. The lowest BCUT2D eigenvalue weighted by Crippen LogP contribution is -2.34. The van der Waals surface area contributed by atoms with Crippen LogP contribution < -0.4 is 0 Å². The Labute approximate surface area is 82.6 Å². The normalized spacial score (nSPS) is 31.5. The van der Waals surface area contributed by atoms with Gasteiger partial charge in [0.1, 0.15) is 12.3 Å². The van der Waals surface area contributed by atoms with Crippen molar-refractivity contribution in [2.24, 2.45) is 0 Å². The maximum absolute atomic E-state index is 11.1. The van der Waals surface area contributed by atoms with E-state index in [9.17, 15) is 9.90 Å². The second kappa shape index (κ2) is 4.54. The summed E-state index contributed by atoms with van der Waals surface area (Å²) in [6.07, 6.45) is -0.193. The first kappa shape index (κ1) is 11.2. The summed E-state index contributed by atoms with van der Waals surface area (Å²) in [6, 6.07) is 0. The van der Waals surface area contributed by atoms with E-state index in [1.54, 1.807) is 0 Å². The quantitative estimate of drug-likeness (QED) is 0.642. The van der Waals surface area contributed by atoms with Crippen LogP contribution in [-0.2, 0) is 9.53 Å². The lowest BCUT2D eigenvalue weighted by molar-refractivity contribution is -0.138. The van der Waals surface area contributed by atoms with Crippen LogP contribution in [0.4, 0.5) is 0 Å². The Balaban J connectivity index is 2.63. The minimum Gasteiger partial charge on any atom is -0.394 e. The number of carbonyl (C=O) groups excluding carboxylic acids is 1. The van der Waals surface area contributed by atoms with Crippen molar-refractivity contribution in [2.75, 3.05) is 6.61 Å². The number of aliphatic hydroxyl groups excluding tert-OH is 2. The van der Waals surface area contributed by atoms with Crippen molar-refractivity contribution in [1.82, 2.24) is 4.90 Å². The van der Waals surface area contributed by atoms with Gasteiger partial charge in [0.2, 0.25) is 5.91 Å². The van der Waals surface area contributed by atoms with Crippen LogP contribution in [0, 0.1) is 0 Å². The van der Waals surface area contributed by atoms with Crippen molar-refractivity contribution in [1.29, 1.82) is 0 Å². The van der Waals surface area contributed by atoms with Gasteiger partial charge in [-0.05, 0) is 0 Å². The lowest BCUT2D eigenvalue weighted by atomic mass is 10.2. The summed E-state index contributed by atoms with van der Waals surface area (Å²) in [5.41, 5.74) is 0. The predicted octanol–water partition coefficient (Wildman–Crippen LogP) is -0.553. The third-order valence-corrected chi connectivity index (χ3v) is 2.25. The van der Waals surface area contributed by atoms with E-state index in [0.29, 0.717) is 6.42 Å². The Morgan fingerprint density at radius 3 is 2.79 bits per heavy atom. The molecule has 14 heavy (non-hydrogen) atoms. The molecule has 3 atom stereocenters. The van der Waals surface area contributed by atoms with Crippen LogP contribution in [0.25, 0.3) is 0 Å². The Bertz CT molecular complexity index is 231. The molecule has 0 radical (unpaired) electrons. The number of amides is 1. The minimum absolute atomic E-state index is 0.198. The van der Waals surface area contributed by atoms with Gasteiger partial charge in [-0.1, -0.05) is 6.58 Å². The predicted molar refractivity (Wildman–Crippen MR) is 49.1 cm³/mol. The first-order valence-electron chi connectivity index (χ1n) is 4.46. The van der Waals surface area contributed by atoms with Gasteiger partial charge in [0, 0.05) is 19.5 Å². The molecule has 1 saturated heterocycles. The third kappa shape index (κ3) is 2.12. The standard InChI is InChI=1S/C9H15NO4/c1-3-10(6(2)12)9-4-7(13)8(5-11)14-9/h3,7-9,11,13H,1,4-5H2,2H3/t7-,8?,9?/m1/s1. The largest absolute Gasteiger partial charge is 0.394 e. The lowest BCUT2D eigenvalue weighted by Gasteiger charge is -2.23. The molecule has 1 fully saturated rings. The van der Waals surface area contributed by atoms with Gasteiger partial charge in [0.05, 0.1) is 12.7 Å². The van der Waals surface area contributed by atoms with Gasteiger partial charge < -0.3 is 14.9 Å². The maximum atomic E-state index is 11.1. The summed E-state index contributed by atoms with van der Waals surface area (Å²) in [6.45, 7) is 4.63. The fraction of sp³-hybridized carbons (Fsp3) is 0.667. The van der Waals surface area contributed by atoms with Crippen LogP contribution in [0.15, 0.2) is 12.8 Å². The van der Waals surface area contributed by atoms with E-state index in [2.05, 4.69) is 6.58 Å². The van der Waals surface area contributed by atoms with Crippen LogP contribution in [0.1, 0.15) is 13.3 Å². The van der Waals surface area contributed by atoms with E-state index >= 15 is 0 Å². The fourth-order valence-corrected chi connectivity index (χ4v) is 1.50. The number of hydrogen-bond acceptors (Lipinski definition) is 4. The molecular formula is C9H15NO4. The molecule has 0 bridgehead atoms. The number of hydrogen-bond donors (Lipinski definition) is 2. The molecule has 5 heteroatoms. The van der Waals surface area contributed by atoms with E-state index in [0.717, 1.165) is 0 Å². The number of nitrogens with zero attached hydrogens (tertiary/aromatic N) is 1. The zero-order valence-corrected chi connectivity index (χ0v) is 8.09. The van der Waals surface area contributed by atoms with E-state index in [1.807, 2.05) is 0 Å². The monoisotopic (exact) mass is 201 g/mol. The third-order valence-electron chi connectivity index (χ3n) is 2.25. The summed E-state index contributed by atoms with van der Waals surface area (Å²) >= 11 is 0. The van der Waals surface area contributed by atoms with Gasteiger partial charge >= 0.3 is 0 Å². The second-order valence-electron chi connectivity index (χ2n) is 3.22. The minimum atomic E-state index is -0.730. The molecule has 1 aliphatic rings. The summed E-state index contributed by atoms with van der Waals surface area (Å²) in [7, 11) is 0. The zero-order valence-electron chi connectivity index (χ0n) is 8.09. The number of carbonyl (C=O) groups is 1. The summed E-state index contributed by atoms with van der Waals surface area (Å²) in [5.74, 6) is -0.198. The van der Waals surface area contributed by atoms with Crippen molar-refractivity contribution in [2.45, 2.75) is 31.8 Å². The van der Waals surface area contributed by atoms with Crippen molar-refractivity contribution in [3.63, 3.8) is 0 Å². The van der Waals surface area contributed by atoms with E-state index in [1.165, 1.54) is 18.0 Å². The number of rotatable bonds is 3. The summed E-state index contributed by atoms with van der Waals surface area (Å²) in [4.78, 5) is 12.4. The van der Waals surface area contributed by atoms with Crippen LogP contribution in [-0.4, -0.2) is 46.1 Å². The van der Waals surface area contributed by atoms with Crippen molar-refractivity contribution in [3.8, 4) is 0 Å². The highest BCUT2D eigenvalue weighted by atomic mass is 16.5. The first-order valence-corrected chi connectivity index (χ1v) is 4.46. The van der Waals surface area contributed by atoms with Crippen LogP contribution in [0.5, 0.6) is 0 Å². The van der Waals surface area contributed by atoms with Crippen LogP contribution >= 0.6 is 0 Å². The molecule has 2 unspecified atom stereocenters. The highest BCUT2D eigenvalue weighted by Gasteiger charge is 2.36. The number of aliphatic hydroxyl groups is 2. The second-order valence-corrected chi connectivity index (χ2v) is 3.22.